The fraction of sp³-hybridized carbons (Fsp3) is 0.235. The van der Waals surface area contributed by atoms with E-state index in [1.54, 1.807) is 41.8 Å². The molecule has 0 atom stereocenters. The highest BCUT2D eigenvalue weighted by Gasteiger charge is 2.14. The molecule has 6 nitrogen and oxygen atoms in total. The summed E-state index contributed by atoms with van der Waals surface area (Å²) < 4.78 is 10.4. The minimum Gasteiger partial charge on any atom is -0.491 e. The second-order valence-corrected chi connectivity index (χ2v) is 6.07. The van der Waals surface area contributed by atoms with Crippen molar-refractivity contribution in [3.05, 3.63) is 52.2 Å². The van der Waals surface area contributed by atoms with Crippen LogP contribution in [0.1, 0.15) is 33.9 Å². The van der Waals surface area contributed by atoms with Crippen molar-refractivity contribution in [3.63, 3.8) is 0 Å². The van der Waals surface area contributed by atoms with Gasteiger partial charge in [0.15, 0.2) is 6.61 Å². The number of hydrogen-bond donors (Lipinski definition) is 1. The predicted octanol–water partition coefficient (Wildman–Crippen LogP) is 2.65. The Morgan fingerprint density at radius 2 is 1.83 bits per heavy atom. The summed E-state index contributed by atoms with van der Waals surface area (Å²) in [5.41, 5.74) is 0.295. The molecule has 0 radical (unpaired) electrons. The standard InChI is InChI=1S/C17H17NO5S/c1-11(2)23-13-7-5-12(6-8-13)17(21)22-10-15(19)18-16(20)14-4-3-9-24-14/h3-9,11H,10H2,1-2H3,(H,18,19,20). The van der Waals surface area contributed by atoms with Crippen molar-refractivity contribution in [2.24, 2.45) is 0 Å². The first-order chi connectivity index (χ1) is 11.5. The fourth-order valence-electron chi connectivity index (χ4n) is 1.79. The summed E-state index contributed by atoms with van der Waals surface area (Å²) in [5.74, 6) is -1.20. The smallest absolute Gasteiger partial charge is 0.338 e. The Morgan fingerprint density at radius 3 is 2.42 bits per heavy atom. The first-order valence-electron chi connectivity index (χ1n) is 7.27. The Balaban J connectivity index is 1.81. The van der Waals surface area contributed by atoms with Crippen LogP contribution in [0.3, 0.4) is 0 Å². The zero-order chi connectivity index (χ0) is 17.5. The molecular formula is C17H17NO5S. The molecule has 2 rings (SSSR count). The van der Waals surface area contributed by atoms with Crippen LogP contribution in [0, 0.1) is 0 Å². The second kappa shape index (κ2) is 8.26. The van der Waals surface area contributed by atoms with Gasteiger partial charge in [-0.1, -0.05) is 6.07 Å². The highest BCUT2D eigenvalue weighted by Crippen LogP contribution is 2.14. The molecule has 126 valence electrons. The predicted molar refractivity (Wildman–Crippen MR) is 89.3 cm³/mol. The molecule has 24 heavy (non-hydrogen) atoms. The maximum atomic E-state index is 11.9. The van der Waals surface area contributed by atoms with E-state index in [2.05, 4.69) is 5.32 Å². The van der Waals surface area contributed by atoms with Crippen molar-refractivity contribution in [2.75, 3.05) is 6.61 Å². The number of hydrogen-bond acceptors (Lipinski definition) is 6. The molecule has 0 aliphatic carbocycles. The summed E-state index contributed by atoms with van der Waals surface area (Å²) >= 11 is 1.22. The van der Waals surface area contributed by atoms with Crippen LogP contribution in [-0.2, 0) is 9.53 Å². The van der Waals surface area contributed by atoms with E-state index in [0.717, 1.165) is 0 Å². The molecule has 0 saturated carbocycles. The summed E-state index contributed by atoms with van der Waals surface area (Å²) in [6.45, 7) is 3.27. The Hall–Kier alpha value is -2.67. The van der Waals surface area contributed by atoms with Crippen molar-refractivity contribution in [2.45, 2.75) is 20.0 Å². The van der Waals surface area contributed by atoms with Gasteiger partial charge in [-0.05, 0) is 49.6 Å². The van der Waals surface area contributed by atoms with Gasteiger partial charge < -0.3 is 9.47 Å². The van der Waals surface area contributed by atoms with Crippen LogP contribution in [0.15, 0.2) is 41.8 Å². The molecule has 0 spiro atoms. The lowest BCUT2D eigenvalue weighted by molar-refractivity contribution is -0.123. The number of carbonyl (C=O) groups is 3. The quantitative estimate of drug-likeness (QED) is 0.813. The average molecular weight is 347 g/mol. The number of ether oxygens (including phenoxy) is 2. The molecule has 0 saturated heterocycles. The minimum absolute atomic E-state index is 0.0346. The molecule has 1 aromatic carbocycles. The lowest BCUT2D eigenvalue weighted by Crippen LogP contribution is -2.33. The van der Waals surface area contributed by atoms with Crippen molar-refractivity contribution < 1.29 is 23.9 Å². The number of carbonyl (C=O) groups excluding carboxylic acids is 3. The number of rotatable bonds is 6. The topological polar surface area (TPSA) is 81.7 Å². The zero-order valence-corrected chi connectivity index (χ0v) is 14.1. The number of imide groups is 1. The van der Waals surface area contributed by atoms with Crippen LogP contribution >= 0.6 is 11.3 Å². The van der Waals surface area contributed by atoms with Crippen molar-refractivity contribution in [1.29, 1.82) is 0 Å². The van der Waals surface area contributed by atoms with Gasteiger partial charge in [-0.2, -0.15) is 0 Å². The summed E-state index contributed by atoms with van der Waals surface area (Å²) in [6, 6.07) is 9.70. The van der Waals surface area contributed by atoms with Gasteiger partial charge in [0.05, 0.1) is 16.5 Å². The Bertz CT molecular complexity index is 707. The van der Waals surface area contributed by atoms with Gasteiger partial charge in [0.2, 0.25) is 0 Å². The number of benzene rings is 1. The maximum Gasteiger partial charge on any atom is 0.338 e. The summed E-state index contributed by atoms with van der Waals surface area (Å²) in [5, 5.41) is 3.88. The van der Waals surface area contributed by atoms with Crippen LogP contribution in [0.5, 0.6) is 5.75 Å². The molecule has 1 N–H and O–H groups in total. The first kappa shape index (κ1) is 17.7. The molecule has 0 aliphatic heterocycles. The van der Waals surface area contributed by atoms with Crippen LogP contribution in [0.25, 0.3) is 0 Å². The lowest BCUT2D eigenvalue weighted by atomic mass is 10.2. The largest absolute Gasteiger partial charge is 0.491 e. The molecule has 2 amide bonds. The molecule has 0 unspecified atom stereocenters. The van der Waals surface area contributed by atoms with Gasteiger partial charge in [0.1, 0.15) is 5.75 Å². The number of esters is 1. The Labute approximate surface area is 143 Å². The average Bonchev–Trinajstić information content (AvgIpc) is 3.07. The Kier molecular flexibility index (Phi) is 6.08. The van der Waals surface area contributed by atoms with E-state index in [1.165, 1.54) is 11.3 Å². The molecule has 1 heterocycles. The normalized spacial score (nSPS) is 10.3. The minimum atomic E-state index is -0.679. The molecule has 2 aromatic rings. The van der Waals surface area contributed by atoms with Crippen molar-refractivity contribution in [3.8, 4) is 5.75 Å². The van der Waals surface area contributed by atoms with Crippen LogP contribution in [0.2, 0.25) is 0 Å². The van der Waals surface area contributed by atoms with Gasteiger partial charge in [-0.25, -0.2) is 4.79 Å². The van der Waals surface area contributed by atoms with E-state index in [0.29, 0.717) is 16.2 Å². The SMILES string of the molecule is CC(C)Oc1ccc(C(=O)OCC(=O)NC(=O)c2cccs2)cc1. The van der Waals surface area contributed by atoms with E-state index in [1.807, 2.05) is 13.8 Å². The highest BCUT2D eigenvalue weighted by atomic mass is 32.1. The fourth-order valence-corrected chi connectivity index (χ4v) is 2.41. The molecule has 0 fully saturated rings. The zero-order valence-electron chi connectivity index (χ0n) is 13.3. The number of nitrogens with one attached hydrogen (secondary N) is 1. The van der Waals surface area contributed by atoms with Gasteiger partial charge in [0.25, 0.3) is 11.8 Å². The van der Waals surface area contributed by atoms with Gasteiger partial charge >= 0.3 is 5.97 Å². The lowest BCUT2D eigenvalue weighted by Gasteiger charge is -2.10. The molecule has 1 aromatic heterocycles. The van der Waals surface area contributed by atoms with E-state index in [4.69, 9.17) is 9.47 Å². The van der Waals surface area contributed by atoms with Gasteiger partial charge in [-0.15, -0.1) is 11.3 Å². The van der Waals surface area contributed by atoms with E-state index < -0.39 is 24.4 Å². The van der Waals surface area contributed by atoms with Crippen molar-refractivity contribution in [1.82, 2.24) is 5.32 Å². The summed E-state index contributed by atoms with van der Waals surface area (Å²) in [4.78, 5) is 35.6. The second-order valence-electron chi connectivity index (χ2n) is 5.12. The third-order valence-corrected chi connectivity index (χ3v) is 3.66. The Morgan fingerprint density at radius 1 is 1.12 bits per heavy atom. The van der Waals surface area contributed by atoms with Gasteiger partial charge in [0, 0.05) is 0 Å². The van der Waals surface area contributed by atoms with Gasteiger partial charge in [-0.3, -0.25) is 14.9 Å². The third kappa shape index (κ3) is 5.20. The van der Waals surface area contributed by atoms with Crippen LogP contribution in [0.4, 0.5) is 0 Å². The monoisotopic (exact) mass is 347 g/mol. The third-order valence-electron chi connectivity index (χ3n) is 2.79. The first-order valence-corrected chi connectivity index (χ1v) is 8.15. The maximum absolute atomic E-state index is 11.9. The van der Waals surface area contributed by atoms with E-state index >= 15 is 0 Å². The number of amides is 2. The van der Waals surface area contributed by atoms with Crippen molar-refractivity contribution >= 4 is 29.1 Å². The molecule has 0 aliphatic rings. The molecule has 7 heteroatoms. The molecule has 0 bridgehead atoms. The van der Waals surface area contributed by atoms with Crippen LogP contribution in [-0.4, -0.2) is 30.5 Å². The van der Waals surface area contributed by atoms with E-state index in [9.17, 15) is 14.4 Å². The van der Waals surface area contributed by atoms with E-state index in [-0.39, 0.29) is 6.10 Å². The number of thiophene rings is 1. The summed E-state index contributed by atoms with van der Waals surface area (Å²) in [6.07, 6.45) is 0.0346. The highest BCUT2D eigenvalue weighted by molar-refractivity contribution is 7.12. The van der Waals surface area contributed by atoms with Crippen LogP contribution < -0.4 is 10.1 Å². The molecular weight excluding hydrogens is 330 g/mol. The summed E-state index contributed by atoms with van der Waals surface area (Å²) in [7, 11) is 0.